The molecule has 1 aliphatic rings. The second-order valence-electron chi connectivity index (χ2n) is 7.03. The molecule has 6 nitrogen and oxygen atoms in total. The number of ether oxygens (including phenoxy) is 1. The molecule has 1 saturated carbocycles. The molecule has 0 aliphatic heterocycles. The van der Waals surface area contributed by atoms with E-state index in [0.717, 1.165) is 11.1 Å². The lowest BCUT2D eigenvalue weighted by molar-refractivity contribution is -0.139. The number of Topliss-reactive ketones (excluding diaryl/α,β-unsaturated/α-hetero) is 2. The largest absolute Gasteiger partial charge is 0.478 e. The number of carbonyl (C=O) groups excluding carboxylic acids is 3. The van der Waals surface area contributed by atoms with E-state index in [1.165, 1.54) is 26.0 Å². The first-order valence-corrected chi connectivity index (χ1v) is 8.89. The average Bonchev–Trinajstić information content (AvgIpc) is 2.62. The Morgan fingerprint density at radius 2 is 1.25 bits per heavy atom. The van der Waals surface area contributed by atoms with Crippen molar-refractivity contribution in [2.45, 2.75) is 25.7 Å². The van der Waals surface area contributed by atoms with Crippen molar-refractivity contribution < 1.29 is 29.0 Å². The lowest BCUT2D eigenvalue weighted by atomic mass is 9.50. The van der Waals surface area contributed by atoms with Gasteiger partial charge in [0.15, 0.2) is 0 Å². The minimum absolute atomic E-state index is 0.0585. The van der Waals surface area contributed by atoms with Crippen LogP contribution in [0.3, 0.4) is 0 Å². The predicted molar refractivity (Wildman–Crippen MR) is 100 cm³/mol. The van der Waals surface area contributed by atoms with E-state index in [2.05, 4.69) is 0 Å². The highest BCUT2D eigenvalue weighted by Gasteiger charge is 2.55. The van der Waals surface area contributed by atoms with Gasteiger partial charge in [-0.3, -0.25) is 14.4 Å². The van der Waals surface area contributed by atoms with E-state index in [1.54, 1.807) is 36.4 Å². The highest BCUT2D eigenvalue weighted by Crippen LogP contribution is 2.58. The summed E-state index contributed by atoms with van der Waals surface area (Å²) in [5, 5.41) is 9.10. The van der Waals surface area contributed by atoms with Crippen LogP contribution in [0.2, 0.25) is 0 Å². The maximum atomic E-state index is 12.3. The number of aromatic carboxylic acids is 1. The zero-order valence-electron chi connectivity index (χ0n) is 15.5. The molecule has 0 saturated heterocycles. The molecule has 144 valence electrons. The average molecular weight is 380 g/mol. The lowest BCUT2D eigenvalue weighted by Gasteiger charge is -2.50. The van der Waals surface area contributed by atoms with Gasteiger partial charge in [-0.25, -0.2) is 4.79 Å². The Kier molecular flexibility index (Phi) is 5.40. The number of carboxylic acid groups (broad SMARTS) is 1. The molecule has 1 fully saturated rings. The Balaban J connectivity index is 2.02. The first kappa shape index (κ1) is 19.5. The van der Waals surface area contributed by atoms with Crippen LogP contribution in [0.5, 0.6) is 5.75 Å². The first-order valence-electron chi connectivity index (χ1n) is 8.89. The molecule has 2 aromatic rings. The molecular weight excluding hydrogens is 360 g/mol. The molecule has 0 unspecified atom stereocenters. The van der Waals surface area contributed by atoms with Gasteiger partial charge < -0.3 is 9.84 Å². The molecular formula is C22H20O6. The minimum Gasteiger partial charge on any atom is -0.478 e. The van der Waals surface area contributed by atoms with Crippen molar-refractivity contribution >= 4 is 24.0 Å². The van der Waals surface area contributed by atoms with Gasteiger partial charge in [0.1, 0.15) is 17.3 Å². The van der Waals surface area contributed by atoms with Crippen molar-refractivity contribution in [1.82, 2.24) is 0 Å². The Morgan fingerprint density at radius 1 is 0.821 bits per heavy atom. The van der Waals surface area contributed by atoms with Crippen LogP contribution in [0.1, 0.15) is 47.2 Å². The van der Waals surface area contributed by atoms with Crippen molar-refractivity contribution in [2.75, 3.05) is 0 Å². The summed E-state index contributed by atoms with van der Waals surface area (Å²) in [6, 6.07) is 13.3. The summed E-state index contributed by atoms with van der Waals surface area (Å²) < 4.78 is 4.82. The topological polar surface area (TPSA) is 97.7 Å². The minimum atomic E-state index is -1.02. The monoisotopic (exact) mass is 380 g/mol. The van der Waals surface area contributed by atoms with Gasteiger partial charge in [-0.15, -0.1) is 0 Å². The van der Waals surface area contributed by atoms with Crippen molar-refractivity contribution in [3.63, 3.8) is 0 Å². The molecule has 0 spiro atoms. The summed E-state index contributed by atoms with van der Waals surface area (Å²) >= 11 is 0. The van der Waals surface area contributed by atoms with Gasteiger partial charge in [-0.2, -0.15) is 0 Å². The highest BCUT2D eigenvalue weighted by atomic mass is 16.5. The van der Waals surface area contributed by atoms with Gasteiger partial charge in [0.05, 0.1) is 5.56 Å². The predicted octanol–water partition coefficient (Wildman–Crippen LogP) is 3.21. The third-order valence-electron chi connectivity index (χ3n) is 5.48. The molecule has 1 N–H and O–H groups in total. The van der Waals surface area contributed by atoms with Crippen LogP contribution in [0.15, 0.2) is 48.5 Å². The van der Waals surface area contributed by atoms with Crippen molar-refractivity contribution in [2.24, 2.45) is 11.8 Å². The maximum Gasteiger partial charge on any atom is 0.335 e. The zero-order chi connectivity index (χ0) is 20.4. The third-order valence-corrected chi connectivity index (χ3v) is 5.48. The molecule has 28 heavy (non-hydrogen) atoms. The van der Waals surface area contributed by atoms with Gasteiger partial charge in [-0.1, -0.05) is 24.3 Å². The summed E-state index contributed by atoms with van der Waals surface area (Å²) in [4.78, 5) is 46.2. The van der Waals surface area contributed by atoms with E-state index in [9.17, 15) is 19.2 Å². The first-order chi connectivity index (χ1) is 13.3. The number of ketones is 2. The Bertz CT molecular complexity index is 913. The number of hydrogen-bond acceptors (Lipinski definition) is 5. The fourth-order valence-electron chi connectivity index (χ4n) is 4.26. The molecule has 3 rings (SSSR count). The van der Waals surface area contributed by atoms with Crippen LogP contribution < -0.4 is 4.74 Å². The van der Waals surface area contributed by atoms with Crippen LogP contribution >= 0.6 is 0 Å². The van der Waals surface area contributed by atoms with Gasteiger partial charge in [-0.05, 0) is 49.2 Å². The van der Waals surface area contributed by atoms with Crippen molar-refractivity contribution in [3.8, 4) is 5.75 Å². The molecule has 0 heterocycles. The summed E-state index contributed by atoms with van der Waals surface area (Å²) in [6.07, 6.45) is 0. The van der Waals surface area contributed by atoms with Crippen LogP contribution in [-0.2, 0) is 14.4 Å². The molecule has 6 heteroatoms. The van der Waals surface area contributed by atoms with Crippen molar-refractivity contribution in [3.05, 3.63) is 65.2 Å². The van der Waals surface area contributed by atoms with E-state index in [-0.39, 0.29) is 29.0 Å². The van der Waals surface area contributed by atoms with Gasteiger partial charge in [0.2, 0.25) is 0 Å². The number of carbonyl (C=O) groups is 4. The Morgan fingerprint density at radius 3 is 1.61 bits per heavy atom. The normalized spacial score (nSPS) is 23.4. The van der Waals surface area contributed by atoms with E-state index in [0.29, 0.717) is 12.2 Å². The second kappa shape index (κ2) is 7.76. The van der Waals surface area contributed by atoms with Crippen LogP contribution in [0.25, 0.3) is 0 Å². The molecule has 1 aliphatic carbocycles. The molecule has 0 radical (unpaired) electrons. The van der Waals surface area contributed by atoms with Crippen LogP contribution in [0.4, 0.5) is 0 Å². The number of rotatable bonds is 7. The highest BCUT2D eigenvalue weighted by molar-refractivity contribution is 5.92. The third kappa shape index (κ3) is 3.45. The van der Waals surface area contributed by atoms with E-state index < -0.39 is 17.8 Å². The molecule has 0 aromatic heterocycles. The number of benzene rings is 2. The fraction of sp³-hybridized carbons (Fsp3) is 0.273. The van der Waals surface area contributed by atoms with E-state index >= 15 is 0 Å². The lowest BCUT2D eigenvalue weighted by Crippen LogP contribution is -2.50. The summed E-state index contributed by atoms with van der Waals surface area (Å²) in [5.74, 6) is -2.10. The molecule has 0 amide bonds. The second-order valence-corrected chi connectivity index (χ2v) is 7.03. The molecule has 2 aromatic carbocycles. The fourth-order valence-corrected chi connectivity index (χ4v) is 4.26. The Hall–Kier alpha value is -3.28. The molecule has 0 bridgehead atoms. The number of hydrogen-bond donors (Lipinski definition) is 1. The van der Waals surface area contributed by atoms with Gasteiger partial charge in [0, 0.05) is 23.7 Å². The zero-order valence-corrected chi connectivity index (χ0v) is 15.5. The van der Waals surface area contributed by atoms with Gasteiger partial charge in [0.25, 0.3) is 6.47 Å². The van der Waals surface area contributed by atoms with Crippen LogP contribution in [-0.4, -0.2) is 29.1 Å². The maximum absolute atomic E-state index is 12.3. The van der Waals surface area contributed by atoms with Crippen molar-refractivity contribution in [1.29, 1.82) is 0 Å². The summed E-state index contributed by atoms with van der Waals surface area (Å²) in [7, 11) is 0. The summed E-state index contributed by atoms with van der Waals surface area (Å²) in [6.45, 7) is 3.31. The standard InChI is InChI=1S/C22H20O6/c1-12(24)18-19(13(2)25)21(15-7-9-17(10-8-15)28-11-23)20(18)14-3-5-16(6-4-14)22(26)27/h3-11,18-21H,1-2H3,(H,26,27)/t18-,19-,20+,21+/m0/s1. The van der Waals surface area contributed by atoms with Crippen LogP contribution in [0, 0.1) is 11.8 Å². The molecule has 4 atom stereocenters. The smallest absolute Gasteiger partial charge is 0.335 e. The quantitative estimate of drug-likeness (QED) is 0.741. The number of carboxylic acids is 1. The van der Waals surface area contributed by atoms with E-state index in [4.69, 9.17) is 9.84 Å². The van der Waals surface area contributed by atoms with E-state index in [1.807, 2.05) is 0 Å². The Labute approximate surface area is 162 Å². The SMILES string of the molecule is CC(=O)[C@H]1[C@H](C(C)=O)[C@@H](c2ccc(C(=O)O)cc2)[C@@H]1c1ccc(OC=O)cc1. The summed E-state index contributed by atoms with van der Waals surface area (Å²) in [5.41, 5.74) is 1.85. The van der Waals surface area contributed by atoms with Gasteiger partial charge >= 0.3 is 5.97 Å².